The molecule has 18 heavy (non-hydrogen) atoms. The van der Waals surface area contributed by atoms with Crippen molar-refractivity contribution >= 4 is 5.97 Å². The first-order chi connectivity index (χ1) is 8.16. The van der Waals surface area contributed by atoms with Gasteiger partial charge < -0.3 is 9.47 Å². The normalized spacial score (nSPS) is 34.4. The van der Waals surface area contributed by atoms with Crippen molar-refractivity contribution in [3.63, 3.8) is 0 Å². The monoisotopic (exact) mass is 256 g/mol. The molecule has 0 amide bonds. The average Bonchev–Trinajstić information content (AvgIpc) is 2.66. The Kier molecular flexibility index (Phi) is 4.47. The van der Waals surface area contributed by atoms with Crippen molar-refractivity contribution in [1.82, 2.24) is 0 Å². The summed E-state index contributed by atoms with van der Waals surface area (Å²) in [6.07, 6.45) is 1.83. The minimum atomic E-state index is -0.512. The molecule has 4 atom stereocenters. The zero-order chi connectivity index (χ0) is 14.1. The number of hydrogen-bond donors (Lipinski definition) is 0. The molecule has 3 heteroatoms. The molecule has 1 fully saturated rings. The molecule has 0 saturated carbocycles. The summed E-state index contributed by atoms with van der Waals surface area (Å²) in [5.41, 5.74) is -0.459. The van der Waals surface area contributed by atoms with Gasteiger partial charge >= 0.3 is 5.97 Å². The zero-order valence-corrected chi connectivity index (χ0v) is 12.9. The van der Waals surface area contributed by atoms with E-state index in [0.29, 0.717) is 5.92 Å². The lowest BCUT2D eigenvalue weighted by Crippen LogP contribution is -2.40. The number of carbonyl (C=O) groups excluding carboxylic acids is 1. The molecule has 1 rings (SSSR count). The molecule has 0 radical (unpaired) electrons. The third-order valence-corrected chi connectivity index (χ3v) is 4.33. The molecule has 0 bridgehead atoms. The highest BCUT2D eigenvalue weighted by molar-refractivity contribution is 5.77. The van der Waals surface area contributed by atoms with Gasteiger partial charge in [0.1, 0.15) is 0 Å². The molecular weight excluding hydrogens is 228 g/mol. The van der Waals surface area contributed by atoms with Crippen LogP contribution in [-0.2, 0) is 14.3 Å². The Labute approximate surface area is 111 Å². The first-order valence-corrected chi connectivity index (χ1v) is 6.90. The lowest BCUT2D eigenvalue weighted by molar-refractivity contribution is -0.157. The van der Waals surface area contributed by atoms with Crippen LogP contribution in [0.5, 0.6) is 0 Å². The second-order valence-electron chi connectivity index (χ2n) is 6.91. The molecule has 3 nitrogen and oxygen atoms in total. The average molecular weight is 256 g/mol. The van der Waals surface area contributed by atoms with Crippen molar-refractivity contribution in [1.29, 1.82) is 0 Å². The van der Waals surface area contributed by atoms with E-state index in [4.69, 9.17) is 9.47 Å². The Hall–Kier alpha value is -0.570. The zero-order valence-electron chi connectivity index (χ0n) is 12.9. The predicted octanol–water partition coefficient (Wildman–Crippen LogP) is 3.42. The Morgan fingerprint density at radius 3 is 2.44 bits per heavy atom. The van der Waals surface area contributed by atoms with E-state index in [9.17, 15) is 4.79 Å². The molecule has 106 valence electrons. The van der Waals surface area contributed by atoms with Crippen molar-refractivity contribution < 1.29 is 14.3 Å². The van der Waals surface area contributed by atoms with E-state index in [1.165, 1.54) is 7.11 Å². The van der Waals surface area contributed by atoms with E-state index in [-0.39, 0.29) is 23.6 Å². The Morgan fingerprint density at radius 1 is 1.50 bits per heavy atom. The molecule has 4 unspecified atom stereocenters. The highest BCUT2D eigenvalue weighted by Crippen LogP contribution is 2.48. The van der Waals surface area contributed by atoms with Crippen LogP contribution in [0.4, 0.5) is 0 Å². The van der Waals surface area contributed by atoms with Gasteiger partial charge in [0.15, 0.2) is 0 Å². The number of ether oxygens (including phenoxy) is 2. The van der Waals surface area contributed by atoms with E-state index >= 15 is 0 Å². The van der Waals surface area contributed by atoms with Crippen LogP contribution in [0, 0.1) is 16.7 Å². The fraction of sp³-hybridized carbons (Fsp3) is 0.933. The summed E-state index contributed by atoms with van der Waals surface area (Å²) in [6.45, 7) is 12.8. The summed E-state index contributed by atoms with van der Waals surface area (Å²) < 4.78 is 11.2. The largest absolute Gasteiger partial charge is 0.469 e. The molecule has 0 N–H and O–H groups in total. The van der Waals surface area contributed by atoms with Crippen molar-refractivity contribution in [2.75, 3.05) is 7.11 Å². The predicted molar refractivity (Wildman–Crippen MR) is 72.3 cm³/mol. The number of hydrogen-bond acceptors (Lipinski definition) is 3. The van der Waals surface area contributed by atoms with Crippen molar-refractivity contribution in [2.24, 2.45) is 16.7 Å². The van der Waals surface area contributed by atoms with Gasteiger partial charge in [0.25, 0.3) is 0 Å². The molecule has 1 aliphatic rings. The Bertz CT molecular complexity index is 305. The van der Waals surface area contributed by atoms with Crippen LogP contribution < -0.4 is 0 Å². The van der Waals surface area contributed by atoms with Gasteiger partial charge in [-0.2, -0.15) is 0 Å². The van der Waals surface area contributed by atoms with Gasteiger partial charge in [-0.05, 0) is 24.7 Å². The molecule has 0 spiro atoms. The lowest BCUT2D eigenvalue weighted by Gasteiger charge is -2.31. The molecule has 0 aromatic carbocycles. The van der Waals surface area contributed by atoms with E-state index in [0.717, 1.165) is 12.8 Å². The molecule has 0 aromatic rings. The smallest absolute Gasteiger partial charge is 0.314 e. The van der Waals surface area contributed by atoms with Gasteiger partial charge in [-0.25, -0.2) is 0 Å². The van der Waals surface area contributed by atoms with Crippen LogP contribution in [0.25, 0.3) is 0 Å². The quantitative estimate of drug-likeness (QED) is 0.726. The maximum absolute atomic E-state index is 12.1. The van der Waals surface area contributed by atoms with Gasteiger partial charge in [0, 0.05) is 0 Å². The minimum Gasteiger partial charge on any atom is -0.469 e. The Morgan fingerprint density at radius 2 is 2.06 bits per heavy atom. The number of methoxy groups -OCH3 is 1. The third-order valence-electron chi connectivity index (χ3n) is 4.33. The van der Waals surface area contributed by atoms with Crippen LogP contribution >= 0.6 is 0 Å². The summed E-state index contributed by atoms with van der Waals surface area (Å²) in [6, 6.07) is 0. The van der Waals surface area contributed by atoms with Gasteiger partial charge in [0.05, 0.1) is 24.7 Å². The van der Waals surface area contributed by atoms with E-state index in [1.54, 1.807) is 0 Å². The number of rotatable bonds is 3. The van der Waals surface area contributed by atoms with E-state index < -0.39 is 5.41 Å². The van der Waals surface area contributed by atoms with Crippen molar-refractivity contribution in [3.05, 3.63) is 0 Å². The highest BCUT2D eigenvalue weighted by Gasteiger charge is 2.55. The lowest BCUT2D eigenvalue weighted by atomic mass is 9.73. The molecule has 1 aliphatic heterocycles. The number of carbonyl (C=O) groups is 1. The first kappa shape index (κ1) is 15.5. The molecule has 1 saturated heterocycles. The summed E-state index contributed by atoms with van der Waals surface area (Å²) >= 11 is 0. The van der Waals surface area contributed by atoms with Gasteiger partial charge in [-0.15, -0.1) is 0 Å². The summed E-state index contributed by atoms with van der Waals surface area (Å²) in [5.74, 6) is 0.223. The van der Waals surface area contributed by atoms with Crippen molar-refractivity contribution in [3.8, 4) is 0 Å². The van der Waals surface area contributed by atoms with Crippen LogP contribution in [0.15, 0.2) is 0 Å². The minimum absolute atomic E-state index is 0.0424. The fourth-order valence-corrected chi connectivity index (χ4v) is 2.80. The van der Waals surface area contributed by atoms with Gasteiger partial charge in [-0.1, -0.05) is 41.0 Å². The molecular formula is C15H28O3. The standard InChI is InChI=1S/C15H28O3/c1-8-10(2)12-15(6,13(16)17-7)9-11(18-12)14(3,4)5/h10-12H,8-9H2,1-7H3. The molecule has 1 heterocycles. The maximum atomic E-state index is 12.1. The topological polar surface area (TPSA) is 35.5 Å². The SMILES string of the molecule is CCC(C)C1OC(C(C)(C)C)CC1(C)C(=O)OC. The second kappa shape index (κ2) is 5.20. The van der Waals surface area contributed by atoms with Crippen LogP contribution in [0.2, 0.25) is 0 Å². The third kappa shape index (κ3) is 2.71. The summed E-state index contributed by atoms with van der Waals surface area (Å²) in [4.78, 5) is 12.1. The molecule has 0 aliphatic carbocycles. The van der Waals surface area contributed by atoms with E-state index in [2.05, 4.69) is 34.6 Å². The maximum Gasteiger partial charge on any atom is 0.314 e. The van der Waals surface area contributed by atoms with E-state index in [1.807, 2.05) is 6.92 Å². The van der Waals surface area contributed by atoms with Crippen LogP contribution in [-0.4, -0.2) is 25.3 Å². The van der Waals surface area contributed by atoms with Crippen molar-refractivity contribution in [2.45, 2.75) is 66.6 Å². The van der Waals surface area contributed by atoms with Crippen LogP contribution in [0.1, 0.15) is 54.4 Å². The first-order valence-electron chi connectivity index (χ1n) is 6.90. The summed E-state index contributed by atoms with van der Waals surface area (Å²) in [5, 5.41) is 0. The Balaban J connectivity index is 3.02. The number of esters is 1. The van der Waals surface area contributed by atoms with Crippen LogP contribution in [0.3, 0.4) is 0 Å². The highest BCUT2D eigenvalue weighted by atomic mass is 16.5. The van der Waals surface area contributed by atoms with Gasteiger partial charge in [-0.3, -0.25) is 4.79 Å². The second-order valence-corrected chi connectivity index (χ2v) is 6.91. The summed E-state index contributed by atoms with van der Waals surface area (Å²) in [7, 11) is 1.46. The van der Waals surface area contributed by atoms with Gasteiger partial charge in [0.2, 0.25) is 0 Å². The fourth-order valence-electron chi connectivity index (χ4n) is 2.80. The molecule has 0 aromatic heterocycles.